The van der Waals surface area contributed by atoms with E-state index in [1.165, 1.54) is 11.3 Å². The summed E-state index contributed by atoms with van der Waals surface area (Å²) >= 11 is 7.57. The van der Waals surface area contributed by atoms with Gasteiger partial charge in [0.15, 0.2) is 0 Å². The van der Waals surface area contributed by atoms with Gasteiger partial charge in [0.1, 0.15) is 6.04 Å². The molecule has 2 aromatic rings. The molecule has 0 saturated carbocycles. The number of ether oxygens (including phenoxy) is 1. The molecule has 2 N–H and O–H groups in total. The van der Waals surface area contributed by atoms with Crippen LogP contribution in [0.3, 0.4) is 0 Å². The lowest BCUT2D eigenvalue weighted by Gasteiger charge is -2.35. The molecule has 1 aliphatic rings. The normalized spacial score (nSPS) is 15.4. The summed E-state index contributed by atoms with van der Waals surface area (Å²) in [5.41, 5.74) is 0.323. The number of likely N-dealkylation sites (tertiary alicyclic amines) is 1. The van der Waals surface area contributed by atoms with Gasteiger partial charge in [-0.15, -0.1) is 11.3 Å². The van der Waals surface area contributed by atoms with Gasteiger partial charge in [-0.25, -0.2) is 0 Å². The van der Waals surface area contributed by atoms with Crippen LogP contribution in [0.5, 0.6) is 0 Å². The molecule has 1 aromatic carbocycles. The number of hydrogen-bond donors (Lipinski definition) is 2. The Morgan fingerprint density at radius 1 is 1.19 bits per heavy atom. The van der Waals surface area contributed by atoms with Gasteiger partial charge < -0.3 is 20.3 Å². The molecule has 2 heterocycles. The van der Waals surface area contributed by atoms with Crippen LogP contribution in [0.25, 0.3) is 0 Å². The predicted octanol–water partition coefficient (Wildman–Crippen LogP) is 2.81. The predicted molar refractivity (Wildman–Crippen MR) is 121 cm³/mol. The highest BCUT2D eigenvalue weighted by molar-refractivity contribution is 7.12. The summed E-state index contributed by atoms with van der Waals surface area (Å²) in [5, 5.41) is 7.89. The van der Waals surface area contributed by atoms with E-state index in [-0.39, 0.29) is 17.7 Å². The molecule has 3 rings (SSSR count). The maximum Gasteiger partial charge on any atom is 0.263 e. The summed E-state index contributed by atoms with van der Waals surface area (Å²) in [7, 11) is 1.56. The smallest absolute Gasteiger partial charge is 0.263 e. The highest BCUT2D eigenvalue weighted by Crippen LogP contribution is 2.24. The van der Waals surface area contributed by atoms with Gasteiger partial charge >= 0.3 is 0 Å². The first-order valence-corrected chi connectivity index (χ1v) is 11.4. The van der Waals surface area contributed by atoms with E-state index in [0.29, 0.717) is 54.5 Å². The number of benzene rings is 1. The minimum atomic E-state index is -0.723. The van der Waals surface area contributed by atoms with E-state index in [1.54, 1.807) is 36.3 Å². The number of methoxy groups -OCH3 is 1. The molecule has 1 saturated heterocycles. The van der Waals surface area contributed by atoms with Crippen molar-refractivity contribution in [3.05, 3.63) is 57.2 Å². The molecule has 3 amide bonds. The maximum absolute atomic E-state index is 12.9. The van der Waals surface area contributed by atoms with Crippen molar-refractivity contribution >= 4 is 40.7 Å². The summed E-state index contributed by atoms with van der Waals surface area (Å²) in [5.74, 6) is -0.744. The zero-order valence-electron chi connectivity index (χ0n) is 17.3. The molecule has 9 heteroatoms. The minimum Gasteiger partial charge on any atom is -0.383 e. The summed E-state index contributed by atoms with van der Waals surface area (Å²) in [6.45, 7) is 1.80. The van der Waals surface area contributed by atoms with Crippen LogP contribution in [0.15, 0.2) is 41.8 Å². The summed E-state index contributed by atoms with van der Waals surface area (Å²) in [6.07, 6.45) is 1.23. The molecule has 166 valence electrons. The van der Waals surface area contributed by atoms with E-state index < -0.39 is 11.9 Å². The molecule has 1 unspecified atom stereocenters. The number of amides is 3. The second-order valence-corrected chi connectivity index (χ2v) is 8.68. The van der Waals surface area contributed by atoms with Gasteiger partial charge in [-0.2, -0.15) is 0 Å². The van der Waals surface area contributed by atoms with E-state index in [2.05, 4.69) is 10.6 Å². The van der Waals surface area contributed by atoms with Gasteiger partial charge in [-0.3, -0.25) is 14.4 Å². The number of nitrogens with zero attached hydrogens (tertiary/aromatic N) is 1. The molecule has 31 heavy (non-hydrogen) atoms. The SMILES string of the molecule is COCCNC(=O)C(NC(=O)c1ccccc1Cl)C1CCN(C(=O)c2cccs2)CC1. The van der Waals surface area contributed by atoms with Crippen LogP contribution in [-0.2, 0) is 9.53 Å². The third kappa shape index (κ3) is 6.06. The summed E-state index contributed by atoms with van der Waals surface area (Å²) < 4.78 is 5.00. The second kappa shape index (κ2) is 11.3. The van der Waals surface area contributed by atoms with Crippen molar-refractivity contribution in [2.45, 2.75) is 18.9 Å². The van der Waals surface area contributed by atoms with Crippen molar-refractivity contribution in [2.75, 3.05) is 33.4 Å². The van der Waals surface area contributed by atoms with Crippen LogP contribution >= 0.6 is 22.9 Å². The molecule has 1 aromatic heterocycles. The highest BCUT2D eigenvalue weighted by atomic mass is 35.5. The lowest BCUT2D eigenvalue weighted by atomic mass is 9.88. The third-order valence-corrected chi connectivity index (χ3v) is 6.51. The summed E-state index contributed by atoms with van der Waals surface area (Å²) in [6, 6.07) is 9.68. The minimum absolute atomic E-state index is 0.00893. The fourth-order valence-electron chi connectivity index (χ4n) is 3.64. The highest BCUT2D eigenvalue weighted by Gasteiger charge is 2.34. The Kier molecular flexibility index (Phi) is 8.45. The van der Waals surface area contributed by atoms with Crippen LogP contribution < -0.4 is 10.6 Å². The lowest BCUT2D eigenvalue weighted by Crippen LogP contribution is -2.54. The Labute approximate surface area is 190 Å². The van der Waals surface area contributed by atoms with Crippen molar-refractivity contribution in [3.8, 4) is 0 Å². The van der Waals surface area contributed by atoms with Gasteiger partial charge in [0.05, 0.1) is 22.1 Å². The lowest BCUT2D eigenvalue weighted by molar-refractivity contribution is -0.124. The molecule has 7 nitrogen and oxygen atoms in total. The van der Waals surface area contributed by atoms with Crippen molar-refractivity contribution in [2.24, 2.45) is 5.92 Å². The van der Waals surface area contributed by atoms with Crippen molar-refractivity contribution in [3.63, 3.8) is 0 Å². The first kappa shape index (κ1) is 23.2. The van der Waals surface area contributed by atoms with E-state index in [0.717, 1.165) is 0 Å². The number of carbonyl (C=O) groups excluding carboxylic acids is 3. The fraction of sp³-hybridized carbons (Fsp3) is 0.409. The van der Waals surface area contributed by atoms with Crippen LogP contribution in [-0.4, -0.2) is 62.0 Å². The summed E-state index contributed by atoms with van der Waals surface area (Å²) in [4.78, 5) is 40.8. The molecular weight excluding hydrogens is 438 g/mol. The topological polar surface area (TPSA) is 87.7 Å². The molecule has 1 aliphatic heterocycles. The van der Waals surface area contributed by atoms with Crippen molar-refractivity contribution in [1.82, 2.24) is 15.5 Å². The van der Waals surface area contributed by atoms with Gasteiger partial charge in [0.2, 0.25) is 5.91 Å². The van der Waals surface area contributed by atoms with E-state index >= 15 is 0 Å². The maximum atomic E-state index is 12.9. The molecule has 0 spiro atoms. The molecule has 1 atom stereocenters. The molecule has 1 fully saturated rings. The number of hydrogen-bond acceptors (Lipinski definition) is 5. The molecule has 0 radical (unpaired) electrons. The zero-order valence-corrected chi connectivity index (χ0v) is 18.9. The number of nitrogens with one attached hydrogen (secondary N) is 2. The Hall–Kier alpha value is -2.42. The van der Waals surface area contributed by atoms with Crippen LogP contribution in [0.2, 0.25) is 5.02 Å². The molecule has 0 bridgehead atoms. The number of halogens is 1. The van der Waals surface area contributed by atoms with E-state index in [9.17, 15) is 14.4 Å². The van der Waals surface area contributed by atoms with Gasteiger partial charge in [0, 0.05) is 26.7 Å². The quantitative estimate of drug-likeness (QED) is 0.589. The Morgan fingerprint density at radius 3 is 2.58 bits per heavy atom. The largest absolute Gasteiger partial charge is 0.383 e. The number of thiophene rings is 1. The van der Waals surface area contributed by atoms with E-state index in [1.807, 2.05) is 17.5 Å². The fourth-order valence-corrected chi connectivity index (χ4v) is 4.55. The standard InChI is InChI=1S/C22H26ClN3O4S/c1-30-13-10-24-21(28)19(25-20(27)16-5-2-3-6-17(16)23)15-8-11-26(12-9-15)22(29)18-7-4-14-31-18/h2-7,14-15,19H,8-13H2,1H3,(H,24,28)(H,25,27). The first-order valence-electron chi connectivity index (χ1n) is 10.2. The Balaban J connectivity index is 1.68. The van der Waals surface area contributed by atoms with E-state index in [4.69, 9.17) is 16.3 Å². The van der Waals surface area contributed by atoms with Crippen LogP contribution in [0, 0.1) is 5.92 Å². The monoisotopic (exact) mass is 463 g/mol. The molecule has 0 aliphatic carbocycles. The third-order valence-electron chi connectivity index (χ3n) is 5.32. The number of rotatable bonds is 8. The average molecular weight is 464 g/mol. The average Bonchev–Trinajstić information content (AvgIpc) is 3.32. The van der Waals surface area contributed by atoms with Gasteiger partial charge in [0.25, 0.3) is 11.8 Å². The second-order valence-electron chi connectivity index (χ2n) is 7.32. The Morgan fingerprint density at radius 2 is 1.94 bits per heavy atom. The first-order chi connectivity index (χ1) is 15.0. The van der Waals surface area contributed by atoms with Crippen LogP contribution in [0.1, 0.15) is 32.9 Å². The van der Waals surface area contributed by atoms with Crippen LogP contribution in [0.4, 0.5) is 0 Å². The van der Waals surface area contributed by atoms with Gasteiger partial charge in [-0.05, 0) is 42.3 Å². The zero-order chi connectivity index (χ0) is 22.2. The van der Waals surface area contributed by atoms with Crippen molar-refractivity contribution < 1.29 is 19.1 Å². The van der Waals surface area contributed by atoms with Crippen molar-refractivity contribution in [1.29, 1.82) is 0 Å². The molecular formula is C22H26ClN3O4S. The number of carbonyl (C=O) groups is 3. The number of piperidine rings is 1. The van der Waals surface area contributed by atoms with Gasteiger partial charge in [-0.1, -0.05) is 29.8 Å². The Bertz CT molecular complexity index is 898.